The summed E-state index contributed by atoms with van der Waals surface area (Å²) in [7, 11) is 0. The zero-order valence-corrected chi connectivity index (χ0v) is 19.4. The van der Waals surface area contributed by atoms with Crippen LogP contribution in [0.2, 0.25) is 0 Å². The predicted molar refractivity (Wildman–Crippen MR) is 130 cm³/mol. The van der Waals surface area contributed by atoms with Crippen LogP contribution in [0.5, 0.6) is 0 Å². The zero-order chi connectivity index (χ0) is 22.6. The van der Waals surface area contributed by atoms with Gasteiger partial charge in [-0.2, -0.15) is 0 Å². The van der Waals surface area contributed by atoms with Crippen molar-refractivity contribution in [3.8, 4) is 11.1 Å². The molecule has 1 aromatic heterocycles. The third-order valence-corrected chi connectivity index (χ3v) is 7.94. The van der Waals surface area contributed by atoms with Crippen LogP contribution >= 0.6 is 0 Å². The summed E-state index contributed by atoms with van der Waals surface area (Å²) in [5.41, 5.74) is 5.75. The maximum Gasteiger partial charge on any atom is 0.407 e. The van der Waals surface area contributed by atoms with E-state index in [1.165, 1.54) is 16.7 Å². The molecule has 5 nitrogen and oxygen atoms in total. The number of benzene rings is 2. The summed E-state index contributed by atoms with van der Waals surface area (Å²) in [6.07, 6.45) is 4.80. The third kappa shape index (κ3) is 3.68. The van der Waals surface area contributed by atoms with Gasteiger partial charge in [-0.25, -0.2) is 4.79 Å². The Balaban J connectivity index is 1.25. The van der Waals surface area contributed by atoms with Gasteiger partial charge in [0.2, 0.25) is 0 Å². The first kappa shape index (κ1) is 20.7. The minimum atomic E-state index is -0.276. The van der Waals surface area contributed by atoms with Gasteiger partial charge in [0.1, 0.15) is 6.10 Å². The Morgan fingerprint density at radius 3 is 2.73 bits per heavy atom. The second-order valence-electron chi connectivity index (χ2n) is 10.6. The number of nitrogens with zero attached hydrogens (tertiary/aromatic N) is 2. The predicted octanol–water partition coefficient (Wildman–Crippen LogP) is 5.35. The van der Waals surface area contributed by atoms with E-state index in [9.17, 15) is 4.79 Å². The number of aromatic nitrogens is 1. The number of ether oxygens (including phenoxy) is 1. The normalized spacial score (nSPS) is 27.3. The van der Waals surface area contributed by atoms with Gasteiger partial charge in [0, 0.05) is 23.7 Å². The van der Waals surface area contributed by atoms with E-state index in [1.807, 2.05) is 12.3 Å². The Kier molecular flexibility index (Phi) is 4.91. The molecule has 33 heavy (non-hydrogen) atoms. The Bertz CT molecular complexity index is 1210. The first-order chi connectivity index (χ1) is 16.0. The lowest BCUT2D eigenvalue weighted by Crippen LogP contribution is -2.53. The number of amides is 1. The Hall–Kier alpha value is -2.92. The zero-order valence-electron chi connectivity index (χ0n) is 19.4. The SMILES string of the molecule is CC1(C)Cc2cc(-c3cccc4cccnc34)ccc2C1NC(=O)O[C@@H]1CN2CCC1CC2. The van der Waals surface area contributed by atoms with E-state index in [2.05, 4.69) is 71.5 Å². The van der Waals surface area contributed by atoms with Crippen molar-refractivity contribution in [3.63, 3.8) is 0 Å². The van der Waals surface area contributed by atoms with Crippen molar-refractivity contribution in [2.45, 2.75) is 45.3 Å². The van der Waals surface area contributed by atoms with Crippen LogP contribution in [0.4, 0.5) is 4.79 Å². The second-order valence-corrected chi connectivity index (χ2v) is 10.6. The summed E-state index contributed by atoms with van der Waals surface area (Å²) in [5, 5.41) is 4.37. The lowest BCUT2D eigenvalue weighted by molar-refractivity contribution is -0.0348. The lowest BCUT2D eigenvalue weighted by Gasteiger charge is -2.44. The molecule has 7 rings (SSSR count). The minimum absolute atomic E-state index is 0.0257. The van der Waals surface area contributed by atoms with Crippen LogP contribution in [0.1, 0.15) is 43.9 Å². The first-order valence-corrected chi connectivity index (χ1v) is 12.1. The molecule has 5 heteroatoms. The van der Waals surface area contributed by atoms with Gasteiger partial charge >= 0.3 is 6.09 Å². The van der Waals surface area contributed by atoms with Gasteiger partial charge in [-0.15, -0.1) is 0 Å². The standard InChI is InChI=1S/C28H31N3O2/c1-28(2)16-21-15-20(22-7-3-5-19-6-4-12-29-25(19)22)8-9-23(21)26(28)30-27(32)33-24-17-31-13-10-18(24)11-14-31/h3-9,12,15,18,24,26H,10-11,13-14,16-17H2,1-2H3,(H,30,32)/t24-,26?/m1/s1. The van der Waals surface area contributed by atoms with Crippen LogP contribution in [0.15, 0.2) is 54.7 Å². The van der Waals surface area contributed by atoms with Gasteiger partial charge in [0.05, 0.1) is 11.6 Å². The number of carbonyl (C=O) groups excluding carboxylic acids is 1. The number of rotatable bonds is 3. The number of hydrogen-bond donors (Lipinski definition) is 1. The summed E-state index contributed by atoms with van der Waals surface area (Å²) < 4.78 is 5.94. The Labute approximate surface area is 195 Å². The molecule has 3 saturated heterocycles. The van der Waals surface area contributed by atoms with Crippen molar-refractivity contribution in [2.75, 3.05) is 19.6 Å². The fraction of sp³-hybridized carbons (Fsp3) is 0.429. The van der Waals surface area contributed by atoms with Crippen LogP contribution in [-0.2, 0) is 11.2 Å². The van der Waals surface area contributed by atoms with E-state index in [-0.39, 0.29) is 23.7 Å². The number of piperidine rings is 3. The number of alkyl carbamates (subject to hydrolysis) is 1. The molecule has 1 aliphatic carbocycles. The summed E-state index contributed by atoms with van der Waals surface area (Å²) >= 11 is 0. The quantitative estimate of drug-likeness (QED) is 0.596. The van der Waals surface area contributed by atoms with E-state index >= 15 is 0 Å². The highest BCUT2D eigenvalue weighted by molar-refractivity contribution is 5.93. The topological polar surface area (TPSA) is 54.5 Å². The van der Waals surface area contributed by atoms with Gasteiger partial charge < -0.3 is 10.1 Å². The van der Waals surface area contributed by atoms with Crippen molar-refractivity contribution in [1.29, 1.82) is 0 Å². The van der Waals surface area contributed by atoms with Gasteiger partial charge in [-0.3, -0.25) is 9.88 Å². The Morgan fingerprint density at radius 1 is 1.12 bits per heavy atom. The van der Waals surface area contributed by atoms with E-state index < -0.39 is 0 Å². The third-order valence-electron chi connectivity index (χ3n) is 7.94. The maximum atomic E-state index is 12.9. The van der Waals surface area contributed by atoms with Crippen LogP contribution in [0.3, 0.4) is 0 Å². The fourth-order valence-corrected chi connectivity index (χ4v) is 6.17. The second kappa shape index (κ2) is 7.84. The van der Waals surface area contributed by atoms with Crippen LogP contribution in [-0.4, -0.2) is 41.7 Å². The van der Waals surface area contributed by atoms with Crippen molar-refractivity contribution < 1.29 is 9.53 Å². The molecule has 4 heterocycles. The molecule has 0 spiro atoms. The van der Waals surface area contributed by atoms with Crippen molar-refractivity contribution in [2.24, 2.45) is 11.3 Å². The van der Waals surface area contributed by atoms with E-state index in [0.29, 0.717) is 5.92 Å². The average Bonchev–Trinajstić information content (AvgIpc) is 3.08. The molecule has 170 valence electrons. The molecule has 2 atom stereocenters. The number of fused-ring (bicyclic) bond motifs is 5. The molecular weight excluding hydrogens is 410 g/mol. The molecule has 4 aliphatic rings. The average molecular weight is 442 g/mol. The highest BCUT2D eigenvalue weighted by Crippen LogP contribution is 2.46. The molecule has 3 aliphatic heterocycles. The number of para-hydroxylation sites is 1. The summed E-state index contributed by atoms with van der Waals surface area (Å²) in [6, 6.07) is 17.0. The van der Waals surface area contributed by atoms with Crippen LogP contribution in [0, 0.1) is 11.3 Å². The first-order valence-electron chi connectivity index (χ1n) is 12.1. The summed E-state index contributed by atoms with van der Waals surface area (Å²) in [6.45, 7) is 7.62. The maximum absolute atomic E-state index is 12.9. The molecule has 2 bridgehead atoms. The molecule has 1 amide bonds. The van der Waals surface area contributed by atoms with E-state index in [4.69, 9.17) is 4.74 Å². The number of hydrogen-bond acceptors (Lipinski definition) is 4. The molecule has 3 fully saturated rings. The van der Waals surface area contributed by atoms with Crippen molar-refractivity contribution in [1.82, 2.24) is 15.2 Å². The largest absolute Gasteiger partial charge is 0.445 e. The van der Waals surface area contributed by atoms with Crippen LogP contribution < -0.4 is 5.32 Å². The molecule has 1 N–H and O–H groups in total. The van der Waals surface area contributed by atoms with E-state index in [1.54, 1.807) is 0 Å². The lowest BCUT2D eigenvalue weighted by atomic mass is 9.85. The van der Waals surface area contributed by atoms with Gasteiger partial charge in [0.25, 0.3) is 0 Å². The van der Waals surface area contributed by atoms with Crippen molar-refractivity contribution >= 4 is 17.0 Å². The number of nitrogens with one attached hydrogen (secondary N) is 1. The molecule has 1 unspecified atom stereocenters. The number of carbonyl (C=O) groups is 1. The number of pyridine rings is 1. The van der Waals surface area contributed by atoms with Crippen molar-refractivity contribution in [3.05, 3.63) is 65.9 Å². The van der Waals surface area contributed by atoms with Gasteiger partial charge in [-0.1, -0.05) is 56.3 Å². The molecule has 2 aromatic carbocycles. The minimum Gasteiger partial charge on any atom is -0.445 e. The Morgan fingerprint density at radius 2 is 1.94 bits per heavy atom. The monoisotopic (exact) mass is 441 g/mol. The molecule has 0 radical (unpaired) electrons. The fourth-order valence-electron chi connectivity index (χ4n) is 6.17. The van der Waals surface area contributed by atoms with Gasteiger partial charge in [-0.05, 0) is 66.4 Å². The highest BCUT2D eigenvalue weighted by atomic mass is 16.6. The molecule has 3 aromatic rings. The van der Waals surface area contributed by atoms with Crippen LogP contribution in [0.25, 0.3) is 22.0 Å². The summed E-state index contributed by atoms with van der Waals surface area (Å²) in [4.78, 5) is 20.0. The summed E-state index contributed by atoms with van der Waals surface area (Å²) in [5.74, 6) is 0.515. The highest BCUT2D eigenvalue weighted by Gasteiger charge is 2.42. The van der Waals surface area contributed by atoms with Gasteiger partial charge in [0.15, 0.2) is 0 Å². The van der Waals surface area contributed by atoms with E-state index in [0.717, 1.165) is 55.4 Å². The molecule has 0 saturated carbocycles. The smallest absolute Gasteiger partial charge is 0.407 e. The molecular formula is C28H31N3O2.